The summed E-state index contributed by atoms with van der Waals surface area (Å²) in [5.41, 5.74) is -0.742. The highest BCUT2D eigenvalue weighted by Gasteiger charge is 2.64. The third-order valence-electron chi connectivity index (χ3n) is 4.21. The summed E-state index contributed by atoms with van der Waals surface area (Å²) in [5, 5.41) is 12.4. The minimum atomic E-state index is -0.742. The van der Waals surface area contributed by atoms with Crippen molar-refractivity contribution in [2.24, 2.45) is 23.7 Å². The molecule has 0 spiro atoms. The van der Waals surface area contributed by atoms with E-state index in [1.54, 1.807) is 6.92 Å². The zero-order valence-electron chi connectivity index (χ0n) is 7.99. The zero-order valence-corrected chi connectivity index (χ0v) is 7.99. The van der Waals surface area contributed by atoms with Gasteiger partial charge in [0.25, 0.3) is 0 Å². The van der Waals surface area contributed by atoms with Crippen LogP contribution < -0.4 is 5.32 Å². The second-order valence-corrected chi connectivity index (χ2v) is 5.07. The summed E-state index contributed by atoms with van der Waals surface area (Å²) in [6.45, 7) is 1.78. The van der Waals surface area contributed by atoms with Crippen molar-refractivity contribution in [1.82, 2.24) is 5.32 Å². The minimum absolute atomic E-state index is 0.0102. The molecule has 2 bridgehead atoms. The predicted molar refractivity (Wildman–Crippen MR) is 47.0 cm³/mol. The van der Waals surface area contributed by atoms with Crippen molar-refractivity contribution in [3.05, 3.63) is 0 Å². The smallest absolute Gasteiger partial charge is 0.230 e. The van der Waals surface area contributed by atoms with Gasteiger partial charge >= 0.3 is 0 Å². The summed E-state index contributed by atoms with van der Waals surface area (Å²) in [5.74, 6) is -0.491. The SMILES string of the molecule is C[C@@]1(O)C[C@@H]2C[C@H]1[C@@H]1C(=O)NC(=O)[C@H]21. The Balaban J connectivity index is 2.02. The quantitative estimate of drug-likeness (QED) is 0.520. The van der Waals surface area contributed by atoms with Crippen LogP contribution in [0.15, 0.2) is 0 Å². The molecule has 1 heterocycles. The number of hydrogen-bond acceptors (Lipinski definition) is 3. The molecule has 0 aromatic heterocycles. The third-order valence-corrected chi connectivity index (χ3v) is 4.21. The van der Waals surface area contributed by atoms with Gasteiger partial charge in [0.15, 0.2) is 0 Å². The number of carbonyl (C=O) groups is 2. The lowest BCUT2D eigenvalue weighted by molar-refractivity contribution is -0.128. The van der Waals surface area contributed by atoms with Crippen LogP contribution in [0.4, 0.5) is 0 Å². The summed E-state index contributed by atoms with van der Waals surface area (Å²) in [6.07, 6.45) is 1.50. The Morgan fingerprint density at radius 3 is 2.71 bits per heavy atom. The molecule has 0 unspecified atom stereocenters. The van der Waals surface area contributed by atoms with Crippen molar-refractivity contribution in [2.45, 2.75) is 25.4 Å². The molecule has 1 saturated heterocycles. The van der Waals surface area contributed by atoms with E-state index in [1.165, 1.54) is 0 Å². The average Bonchev–Trinajstić information content (AvgIpc) is 2.62. The van der Waals surface area contributed by atoms with Gasteiger partial charge in [0.05, 0.1) is 17.4 Å². The molecule has 0 aromatic carbocycles. The van der Waals surface area contributed by atoms with E-state index in [-0.39, 0.29) is 35.5 Å². The van der Waals surface area contributed by atoms with Crippen molar-refractivity contribution in [1.29, 1.82) is 0 Å². The number of imide groups is 1. The fourth-order valence-electron chi connectivity index (χ4n) is 3.71. The lowest BCUT2D eigenvalue weighted by Crippen LogP contribution is -2.41. The summed E-state index contributed by atoms with van der Waals surface area (Å²) in [7, 11) is 0. The summed E-state index contributed by atoms with van der Waals surface area (Å²) in [4.78, 5) is 23.0. The van der Waals surface area contributed by atoms with Gasteiger partial charge in [0, 0.05) is 5.92 Å². The molecule has 0 radical (unpaired) electrons. The number of amides is 2. The molecular formula is C10H13NO3. The molecule has 5 atom stereocenters. The van der Waals surface area contributed by atoms with Gasteiger partial charge in [-0.1, -0.05) is 0 Å². The van der Waals surface area contributed by atoms with Gasteiger partial charge in [0.2, 0.25) is 11.8 Å². The Bertz CT molecular complexity index is 336. The van der Waals surface area contributed by atoms with E-state index >= 15 is 0 Å². The second-order valence-electron chi connectivity index (χ2n) is 5.07. The Morgan fingerprint density at radius 2 is 2.00 bits per heavy atom. The lowest BCUT2D eigenvalue weighted by Gasteiger charge is -2.33. The number of carbonyl (C=O) groups excluding carboxylic acids is 2. The molecule has 2 aliphatic carbocycles. The molecule has 14 heavy (non-hydrogen) atoms. The van der Waals surface area contributed by atoms with Crippen LogP contribution in [0, 0.1) is 23.7 Å². The van der Waals surface area contributed by atoms with E-state index in [0.717, 1.165) is 6.42 Å². The van der Waals surface area contributed by atoms with Gasteiger partial charge in [0.1, 0.15) is 0 Å². The molecule has 4 heteroatoms. The highest BCUT2D eigenvalue weighted by atomic mass is 16.3. The maximum Gasteiger partial charge on any atom is 0.230 e. The molecule has 3 aliphatic rings. The van der Waals surface area contributed by atoms with Crippen molar-refractivity contribution in [3.63, 3.8) is 0 Å². The van der Waals surface area contributed by atoms with Crippen LogP contribution in [0.5, 0.6) is 0 Å². The molecule has 3 rings (SSSR count). The Kier molecular flexibility index (Phi) is 1.31. The second kappa shape index (κ2) is 2.19. The Morgan fingerprint density at radius 1 is 1.36 bits per heavy atom. The number of nitrogens with one attached hydrogen (secondary N) is 1. The number of fused-ring (bicyclic) bond motifs is 5. The Hall–Kier alpha value is -0.900. The van der Waals surface area contributed by atoms with Crippen molar-refractivity contribution in [3.8, 4) is 0 Å². The maximum atomic E-state index is 11.5. The van der Waals surface area contributed by atoms with E-state index < -0.39 is 5.60 Å². The molecule has 2 N–H and O–H groups in total. The van der Waals surface area contributed by atoms with Crippen LogP contribution >= 0.6 is 0 Å². The van der Waals surface area contributed by atoms with Crippen LogP contribution in [0.3, 0.4) is 0 Å². The minimum Gasteiger partial charge on any atom is -0.390 e. The van der Waals surface area contributed by atoms with E-state index in [2.05, 4.69) is 5.32 Å². The van der Waals surface area contributed by atoms with E-state index in [9.17, 15) is 14.7 Å². The Labute approximate surface area is 81.7 Å². The van der Waals surface area contributed by atoms with Crippen molar-refractivity contribution < 1.29 is 14.7 Å². The highest BCUT2D eigenvalue weighted by molar-refractivity contribution is 6.06. The van der Waals surface area contributed by atoms with Gasteiger partial charge < -0.3 is 5.11 Å². The molecule has 0 aromatic rings. The standard InChI is InChI=1S/C10H13NO3/c1-10(14)3-4-2-5(10)7-6(4)8(12)11-9(7)13/h4-7,14H,2-3H2,1H3,(H,11,12,13)/t4-,5-,6+,7-,10+/m0/s1. The average molecular weight is 195 g/mol. The van der Waals surface area contributed by atoms with Crippen LogP contribution in [0.1, 0.15) is 19.8 Å². The first kappa shape index (κ1) is 8.41. The first-order chi connectivity index (χ1) is 6.50. The van der Waals surface area contributed by atoms with Crippen LogP contribution in [-0.2, 0) is 9.59 Å². The van der Waals surface area contributed by atoms with Crippen molar-refractivity contribution in [2.75, 3.05) is 0 Å². The fourth-order valence-corrected chi connectivity index (χ4v) is 3.71. The number of hydrogen-bond donors (Lipinski definition) is 2. The molecule has 2 amide bonds. The van der Waals surface area contributed by atoms with Gasteiger partial charge in [-0.2, -0.15) is 0 Å². The van der Waals surface area contributed by atoms with E-state index in [1.807, 2.05) is 0 Å². The fraction of sp³-hybridized carbons (Fsp3) is 0.800. The van der Waals surface area contributed by atoms with E-state index in [0.29, 0.717) is 6.42 Å². The number of rotatable bonds is 0. The maximum absolute atomic E-state index is 11.5. The van der Waals surface area contributed by atoms with Gasteiger partial charge in [-0.25, -0.2) is 0 Å². The molecule has 4 nitrogen and oxygen atoms in total. The normalized spacial score (nSPS) is 55.0. The molecule has 2 saturated carbocycles. The molecule has 76 valence electrons. The zero-order chi connectivity index (χ0) is 10.1. The lowest BCUT2D eigenvalue weighted by atomic mass is 9.73. The first-order valence-corrected chi connectivity index (χ1v) is 5.08. The van der Waals surface area contributed by atoms with Crippen molar-refractivity contribution >= 4 is 11.8 Å². The van der Waals surface area contributed by atoms with E-state index in [4.69, 9.17) is 0 Å². The number of aliphatic hydroxyl groups is 1. The van der Waals surface area contributed by atoms with Gasteiger partial charge in [-0.15, -0.1) is 0 Å². The largest absolute Gasteiger partial charge is 0.390 e. The highest BCUT2D eigenvalue weighted by Crippen LogP contribution is 2.58. The predicted octanol–water partition coefficient (Wildman–Crippen LogP) is -0.334. The molecular weight excluding hydrogens is 182 g/mol. The summed E-state index contributed by atoms with van der Waals surface area (Å²) < 4.78 is 0. The summed E-state index contributed by atoms with van der Waals surface area (Å²) in [6, 6.07) is 0. The topological polar surface area (TPSA) is 66.4 Å². The monoisotopic (exact) mass is 195 g/mol. The first-order valence-electron chi connectivity index (χ1n) is 5.08. The van der Waals surface area contributed by atoms with Crippen LogP contribution in [0.25, 0.3) is 0 Å². The third kappa shape index (κ3) is 0.780. The molecule has 3 fully saturated rings. The van der Waals surface area contributed by atoms with Gasteiger partial charge in [-0.3, -0.25) is 14.9 Å². The van der Waals surface area contributed by atoms with Crippen LogP contribution in [0.2, 0.25) is 0 Å². The van der Waals surface area contributed by atoms with Crippen LogP contribution in [-0.4, -0.2) is 22.5 Å². The van der Waals surface area contributed by atoms with Gasteiger partial charge in [-0.05, 0) is 25.7 Å². The summed E-state index contributed by atoms with van der Waals surface area (Å²) >= 11 is 0. The molecule has 1 aliphatic heterocycles.